The number of rotatable bonds is 4. The number of benzene rings is 1. The second-order valence-electron chi connectivity index (χ2n) is 3.37. The zero-order chi connectivity index (χ0) is 13.7. The zero-order valence-corrected chi connectivity index (χ0v) is 9.11. The van der Waals surface area contributed by atoms with Crippen LogP contribution in [0.4, 0.5) is 8.78 Å². The van der Waals surface area contributed by atoms with Gasteiger partial charge < -0.3 is 10.4 Å². The molecule has 2 N–H and O–H groups in total. The smallest absolute Gasteiger partial charge is 0.327 e. The third-order valence-electron chi connectivity index (χ3n) is 2.12. The highest BCUT2D eigenvalue weighted by atomic mass is 19.2. The third kappa shape index (κ3) is 3.04. The average Bonchev–Trinajstić information content (AvgIpc) is 2.31. The van der Waals surface area contributed by atoms with E-state index in [1.807, 2.05) is 5.32 Å². The zero-order valence-electron chi connectivity index (χ0n) is 9.11. The van der Waals surface area contributed by atoms with Gasteiger partial charge in [0.25, 0.3) is 5.91 Å². The number of halogens is 2. The molecular formula is C12H9F2NO3. The fourth-order valence-electron chi connectivity index (χ4n) is 1.23. The van der Waals surface area contributed by atoms with Gasteiger partial charge in [-0.2, -0.15) is 0 Å². The number of hydrogen-bond acceptors (Lipinski definition) is 2. The van der Waals surface area contributed by atoms with Gasteiger partial charge in [-0.25, -0.2) is 13.6 Å². The molecule has 0 aliphatic rings. The summed E-state index contributed by atoms with van der Waals surface area (Å²) < 4.78 is 26.1. The quantitative estimate of drug-likeness (QED) is 0.791. The van der Waals surface area contributed by atoms with Crippen LogP contribution >= 0.6 is 0 Å². The molecule has 0 saturated heterocycles. The Balaban J connectivity index is 2.91. The number of amides is 1. The number of nitrogens with one attached hydrogen (secondary N) is 1. The lowest BCUT2D eigenvalue weighted by Gasteiger charge is -2.12. The first kappa shape index (κ1) is 13.6. The van der Waals surface area contributed by atoms with Crippen LogP contribution in [0.15, 0.2) is 18.2 Å². The van der Waals surface area contributed by atoms with Gasteiger partial charge >= 0.3 is 5.97 Å². The Morgan fingerprint density at radius 1 is 1.44 bits per heavy atom. The minimum absolute atomic E-state index is 0.252. The van der Waals surface area contributed by atoms with Crippen molar-refractivity contribution >= 4 is 11.9 Å². The van der Waals surface area contributed by atoms with Crippen LogP contribution in [0.25, 0.3) is 0 Å². The Morgan fingerprint density at radius 3 is 2.67 bits per heavy atom. The first-order valence-corrected chi connectivity index (χ1v) is 4.88. The second-order valence-corrected chi connectivity index (χ2v) is 3.37. The number of carbonyl (C=O) groups excluding carboxylic acids is 1. The van der Waals surface area contributed by atoms with E-state index in [0.29, 0.717) is 0 Å². The number of carboxylic acid groups (broad SMARTS) is 1. The largest absolute Gasteiger partial charge is 0.480 e. The van der Waals surface area contributed by atoms with Gasteiger partial charge in [0.05, 0.1) is 5.56 Å². The minimum atomic E-state index is -1.35. The van der Waals surface area contributed by atoms with Crippen molar-refractivity contribution in [1.29, 1.82) is 0 Å². The van der Waals surface area contributed by atoms with Gasteiger partial charge in [0.2, 0.25) is 0 Å². The molecule has 0 aliphatic heterocycles. The van der Waals surface area contributed by atoms with E-state index in [0.717, 1.165) is 18.2 Å². The number of carboxylic acids is 1. The molecule has 1 atom stereocenters. The SMILES string of the molecule is C#CC[C@@H](NC(=O)c1cccc(F)c1F)C(=O)O. The maximum atomic E-state index is 13.3. The molecule has 1 aromatic rings. The van der Waals surface area contributed by atoms with Crippen molar-refractivity contribution in [2.45, 2.75) is 12.5 Å². The molecule has 0 radical (unpaired) electrons. The van der Waals surface area contributed by atoms with Gasteiger partial charge in [0, 0.05) is 6.42 Å². The molecule has 0 bridgehead atoms. The number of carbonyl (C=O) groups is 2. The van der Waals surface area contributed by atoms with Crippen molar-refractivity contribution in [1.82, 2.24) is 5.32 Å². The van der Waals surface area contributed by atoms with Crippen LogP contribution in [0, 0.1) is 24.0 Å². The molecule has 1 amide bonds. The van der Waals surface area contributed by atoms with Crippen molar-refractivity contribution in [2.75, 3.05) is 0 Å². The number of terminal acetylenes is 1. The molecule has 6 heteroatoms. The minimum Gasteiger partial charge on any atom is -0.480 e. The van der Waals surface area contributed by atoms with Crippen LogP contribution in [0.5, 0.6) is 0 Å². The highest BCUT2D eigenvalue weighted by Crippen LogP contribution is 2.11. The Hall–Kier alpha value is -2.42. The van der Waals surface area contributed by atoms with E-state index in [2.05, 4.69) is 5.92 Å². The van der Waals surface area contributed by atoms with Gasteiger partial charge in [-0.1, -0.05) is 6.07 Å². The van der Waals surface area contributed by atoms with Crippen LogP contribution < -0.4 is 5.32 Å². The molecule has 0 unspecified atom stereocenters. The summed E-state index contributed by atoms with van der Waals surface area (Å²) in [5, 5.41) is 10.8. The highest BCUT2D eigenvalue weighted by molar-refractivity contribution is 5.96. The second kappa shape index (κ2) is 5.77. The summed E-state index contributed by atoms with van der Waals surface area (Å²) in [5.41, 5.74) is -0.571. The lowest BCUT2D eigenvalue weighted by Crippen LogP contribution is -2.40. The standard InChI is InChI=1S/C12H9F2NO3/c1-2-4-9(12(17)18)15-11(16)7-5-3-6-8(13)10(7)14/h1,3,5-6,9H,4H2,(H,15,16)(H,17,18)/t9-/m1/s1. The number of aliphatic carboxylic acids is 1. The summed E-state index contributed by atoms with van der Waals surface area (Å²) >= 11 is 0. The maximum Gasteiger partial charge on any atom is 0.327 e. The molecule has 0 spiro atoms. The highest BCUT2D eigenvalue weighted by Gasteiger charge is 2.22. The van der Waals surface area contributed by atoms with Gasteiger partial charge in [-0.3, -0.25) is 4.79 Å². The summed E-state index contributed by atoms with van der Waals surface area (Å²) in [7, 11) is 0. The predicted octanol–water partition coefficient (Wildman–Crippen LogP) is 1.17. The van der Waals surface area contributed by atoms with Crippen LogP contribution in [-0.4, -0.2) is 23.0 Å². The Kier molecular flexibility index (Phi) is 4.38. The lowest BCUT2D eigenvalue weighted by atomic mass is 10.1. The predicted molar refractivity (Wildman–Crippen MR) is 58.7 cm³/mol. The summed E-state index contributed by atoms with van der Waals surface area (Å²) in [6.45, 7) is 0. The molecule has 18 heavy (non-hydrogen) atoms. The van der Waals surface area contributed by atoms with E-state index in [1.165, 1.54) is 0 Å². The van der Waals surface area contributed by atoms with E-state index in [4.69, 9.17) is 11.5 Å². The van der Waals surface area contributed by atoms with E-state index in [1.54, 1.807) is 0 Å². The van der Waals surface area contributed by atoms with Gasteiger partial charge in [0.1, 0.15) is 6.04 Å². The molecule has 0 heterocycles. The van der Waals surface area contributed by atoms with E-state index >= 15 is 0 Å². The number of hydrogen-bond donors (Lipinski definition) is 2. The first-order chi connectivity index (χ1) is 8.47. The van der Waals surface area contributed by atoms with Crippen LogP contribution in [0.1, 0.15) is 16.8 Å². The third-order valence-corrected chi connectivity index (χ3v) is 2.12. The molecule has 1 aromatic carbocycles. The molecule has 0 saturated carbocycles. The fraction of sp³-hybridized carbons (Fsp3) is 0.167. The summed E-state index contributed by atoms with van der Waals surface area (Å²) in [5.74, 6) is -2.84. The van der Waals surface area contributed by atoms with Gasteiger partial charge in [-0.15, -0.1) is 12.3 Å². The monoisotopic (exact) mass is 253 g/mol. The van der Waals surface area contributed by atoms with Crippen LogP contribution in [0.2, 0.25) is 0 Å². The maximum absolute atomic E-state index is 13.3. The van der Waals surface area contributed by atoms with Crippen molar-refractivity contribution in [3.05, 3.63) is 35.4 Å². The van der Waals surface area contributed by atoms with Crippen molar-refractivity contribution in [2.24, 2.45) is 0 Å². The molecule has 94 valence electrons. The first-order valence-electron chi connectivity index (χ1n) is 4.88. The van der Waals surface area contributed by atoms with Gasteiger partial charge in [-0.05, 0) is 12.1 Å². The summed E-state index contributed by atoms with van der Waals surface area (Å²) in [6.07, 6.45) is 4.68. The molecule has 1 rings (SSSR count). The van der Waals surface area contributed by atoms with E-state index < -0.39 is 35.1 Å². The molecule has 0 aliphatic carbocycles. The van der Waals surface area contributed by atoms with Crippen molar-refractivity contribution < 1.29 is 23.5 Å². The molecule has 0 aromatic heterocycles. The van der Waals surface area contributed by atoms with E-state index in [-0.39, 0.29) is 6.42 Å². The van der Waals surface area contributed by atoms with Crippen LogP contribution in [0.3, 0.4) is 0 Å². The normalized spacial score (nSPS) is 11.4. The average molecular weight is 253 g/mol. The fourth-order valence-corrected chi connectivity index (χ4v) is 1.23. The van der Waals surface area contributed by atoms with Gasteiger partial charge in [0.15, 0.2) is 11.6 Å². The molecule has 4 nitrogen and oxygen atoms in total. The topological polar surface area (TPSA) is 66.4 Å². The lowest BCUT2D eigenvalue weighted by molar-refractivity contribution is -0.139. The van der Waals surface area contributed by atoms with E-state index in [9.17, 15) is 18.4 Å². The van der Waals surface area contributed by atoms with Crippen LogP contribution in [-0.2, 0) is 4.79 Å². The Morgan fingerprint density at radius 2 is 2.11 bits per heavy atom. The van der Waals surface area contributed by atoms with Crippen molar-refractivity contribution in [3.8, 4) is 12.3 Å². The molecule has 0 fully saturated rings. The summed E-state index contributed by atoms with van der Waals surface area (Å²) in [6, 6.07) is 1.69. The Bertz CT molecular complexity index is 523. The van der Waals surface area contributed by atoms with Crippen molar-refractivity contribution in [3.63, 3.8) is 0 Å². The summed E-state index contributed by atoms with van der Waals surface area (Å²) in [4.78, 5) is 22.3. The Labute approximate surface area is 102 Å². The molecular weight excluding hydrogens is 244 g/mol.